The predicted octanol–water partition coefficient (Wildman–Crippen LogP) is -13.5. The molecule has 2 heterocycles. The Balaban J connectivity index is 0.000000254. The van der Waals surface area contributed by atoms with Crippen LogP contribution in [0.3, 0.4) is 0 Å². The van der Waals surface area contributed by atoms with Gasteiger partial charge in [-0.15, -0.1) is 0 Å². The van der Waals surface area contributed by atoms with E-state index < -0.39 is 210 Å². The smallest absolute Gasteiger partial charge is 0.187 e. The summed E-state index contributed by atoms with van der Waals surface area (Å²) in [5.41, 5.74) is 0.118. The Hall–Kier alpha value is -1.64. The number of aliphatic hydroxyl groups excluding tert-OH is 22. The van der Waals surface area contributed by atoms with Gasteiger partial charge in [0, 0.05) is 37.1 Å². The monoisotopic (exact) mass is 994 g/mol. The van der Waals surface area contributed by atoms with E-state index >= 15 is 0 Å². The molecule has 4 aliphatic carbocycles. The van der Waals surface area contributed by atoms with Gasteiger partial charge in [-0.1, -0.05) is 12.2 Å². The van der Waals surface area contributed by atoms with Crippen LogP contribution < -0.4 is 10.6 Å². The molecule has 0 amide bonds. The quantitative estimate of drug-likeness (QED) is 0.0719. The van der Waals surface area contributed by atoms with Crippen molar-refractivity contribution in [2.75, 3.05) is 39.6 Å². The summed E-state index contributed by atoms with van der Waals surface area (Å²) in [6.45, 7) is -3.60. The number of hydrogen-bond donors (Lipinski definition) is 24. The van der Waals surface area contributed by atoms with E-state index in [2.05, 4.69) is 10.6 Å². The normalized spacial score (nSPS) is 50.1. The average Bonchev–Trinajstić information content (AvgIpc) is 3.33. The molecular formula is C40H70N2O26. The second-order valence-electron chi connectivity index (χ2n) is 18.2. The first kappa shape index (κ1) is 57.3. The van der Waals surface area contributed by atoms with Crippen molar-refractivity contribution in [3.05, 3.63) is 23.3 Å². The zero-order chi connectivity index (χ0) is 50.6. The molecule has 2 saturated heterocycles. The van der Waals surface area contributed by atoms with Crippen molar-refractivity contribution >= 4 is 0 Å². The van der Waals surface area contributed by atoms with Crippen molar-refractivity contribution in [1.29, 1.82) is 0 Å². The van der Waals surface area contributed by atoms with Gasteiger partial charge in [0.1, 0.15) is 97.7 Å². The van der Waals surface area contributed by atoms with Crippen LogP contribution in [0.4, 0.5) is 0 Å². The molecule has 6 aliphatic rings. The molecule has 0 bridgehead atoms. The third kappa shape index (κ3) is 12.1. The Morgan fingerprint density at radius 1 is 0.397 bits per heavy atom. The standard InChI is InChI=1S/2C20H35NO13/c2*22-3-6-1-8(12(26)15(29)11(6)25)21-9-2-7(4-23)19(17(31)13(9)27)34-20-18(32)16(30)14(28)10(5-24)33-20/h2*1,7-32H,2-5H2/t2*7-,8+,9+,10-,11+,12+,13+,14-,15+,16+,17-,18-,19-,20+/m11/s1. The molecule has 28 nitrogen and oxygen atoms in total. The van der Waals surface area contributed by atoms with Crippen LogP contribution in [0.15, 0.2) is 23.3 Å². The topological polar surface area (TPSA) is 506 Å². The van der Waals surface area contributed by atoms with Gasteiger partial charge in [-0.2, -0.15) is 0 Å². The molecule has 28 atom stereocenters. The highest BCUT2D eigenvalue weighted by molar-refractivity contribution is 5.23. The van der Waals surface area contributed by atoms with E-state index in [0.717, 1.165) is 0 Å². The second-order valence-corrected chi connectivity index (χ2v) is 18.2. The highest BCUT2D eigenvalue weighted by atomic mass is 16.7. The van der Waals surface area contributed by atoms with Gasteiger partial charge in [-0.05, 0) is 24.0 Å². The van der Waals surface area contributed by atoms with Crippen LogP contribution in [0.2, 0.25) is 0 Å². The van der Waals surface area contributed by atoms with E-state index in [-0.39, 0.29) is 24.0 Å². The first-order chi connectivity index (χ1) is 32.1. The van der Waals surface area contributed by atoms with Crippen molar-refractivity contribution in [3.63, 3.8) is 0 Å². The lowest BCUT2D eigenvalue weighted by Crippen LogP contribution is -2.66. The Morgan fingerprint density at radius 2 is 0.735 bits per heavy atom. The summed E-state index contributed by atoms with van der Waals surface area (Å²) in [6, 6.07) is -3.87. The highest BCUT2D eigenvalue weighted by Crippen LogP contribution is 2.35. The van der Waals surface area contributed by atoms with Gasteiger partial charge in [-0.3, -0.25) is 0 Å². The molecule has 2 saturated carbocycles. The number of nitrogens with one attached hydrogen (secondary N) is 2. The van der Waals surface area contributed by atoms with Crippen molar-refractivity contribution in [1.82, 2.24) is 10.6 Å². The molecule has 6 rings (SSSR count). The summed E-state index contributed by atoms with van der Waals surface area (Å²) >= 11 is 0. The van der Waals surface area contributed by atoms with Crippen LogP contribution in [0, 0.1) is 11.8 Å². The minimum atomic E-state index is -1.75. The summed E-state index contributed by atoms with van der Waals surface area (Å²) < 4.78 is 21.7. The van der Waals surface area contributed by atoms with Gasteiger partial charge in [0.25, 0.3) is 0 Å². The van der Waals surface area contributed by atoms with Crippen LogP contribution in [0.25, 0.3) is 0 Å². The Morgan fingerprint density at radius 3 is 1.03 bits per heavy atom. The maximum atomic E-state index is 10.7. The molecule has 0 unspecified atom stereocenters. The van der Waals surface area contributed by atoms with Gasteiger partial charge in [0.15, 0.2) is 12.6 Å². The fourth-order valence-corrected chi connectivity index (χ4v) is 9.54. The van der Waals surface area contributed by atoms with E-state index in [1.807, 2.05) is 0 Å². The zero-order valence-electron chi connectivity index (χ0n) is 36.4. The van der Waals surface area contributed by atoms with E-state index in [0.29, 0.717) is 0 Å². The van der Waals surface area contributed by atoms with Crippen LogP contribution >= 0.6 is 0 Å². The number of aliphatic hydroxyl groups is 22. The van der Waals surface area contributed by atoms with E-state index in [4.69, 9.17) is 18.9 Å². The summed E-state index contributed by atoms with van der Waals surface area (Å²) in [6.07, 6.45) is -31.3. The number of rotatable bonds is 14. The fourth-order valence-electron chi connectivity index (χ4n) is 9.54. The Kier molecular flexibility index (Phi) is 20.9. The van der Waals surface area contributed by atoms with Crippen molar-refractivity contribution in [2.24, 2.45) is 11.8 Å². The Labute approximate surface area is 388 Å². The molecule has 0 aromatic heterocycles. The molecule has 0 aromatic rings. The molecule has 396 valence electrons. The molecule has 0 radical (unpaired) electrons. The molecule has 4 fully saturated rings. The minimum Gasteiger partial charge on any atom is -0.396 e. The van der Waals surface area contributed by atoms with Crippen LogP contribution in [0.1, 0.15) is 12.8 Å². The number of hydrogen-bond acceptors (Lipinski definition) is 28. The largest absolute Gasteiger partial charge is 0.396 e. The second kappa shape index (κ2) is 24.9. The summed E-state index contributed by atoms with van der Waals surface area (Å²) in [4.78, 5) is 0. The lowest BCUT2D eigenvalue weighted by atomic mass is 9.78. The average molecular weight is 995 g/mol. The van der Waals surface area contributed by atoms with Crippen LogP contribution in [0.5, 0.6) is 0 Å². The molecular weight excluding hydrogens is 924 g/mol. The SMILES string of the molecule is OCC1=C[C@H](N[C@H]2C[C@H](CO)[C@@H](O[C@@H]3O[C@H](CO)[C@@H](O)[C@H](O)[C@H]3O)[C@H](O)[C@H]2O)[C@H](O)[C@@H](O)[C@H]1O.OCC1=C[C@H](N[C@H]2C[C@H](CO)[C@@H](O[C@@H]3O[C@H](CO)[C@@H](O)[C@H](O)[C@H]3O)[C@H](O)[C@H]2O)[C@H](O)[C@@H](O)[C@H]1O. The first-order valence-electron chi connectivity index (χ1n) is 22.2. The summed E-state index contributed by atoms with van der Waals surface area (Å²) in [5.74, 6) is -1.67. The van der Waals surface area contributed by atoms with E-state index in [1.165, 1.54) is 12.2 Å². The first-order valence-corrected chi connectivity index (χ1v) is 22.2. The zero-order valence-corrected chi connectivity index (χ0v) is 36.4. The number of ether oxygens (including phenoxy) is 4. The highest BCUT2D eigenvalue weighted by Gasteiger charge is 2.53. The van der Waals surface area contributed by atoms with E-state index in [1.54, 1.807) is 0 Å². The molecule has 68 heavy (non-hydrogen) atoms. The van der Waals surface area contributed by atoms with Crippen LogP contribution in [-0.2, 0) is 18.9 Å². The van der Waals surface area contributed by atoms with Crippen molar-refractivity contribution < 1.29 is 131 Å². The third-order valence-corrected chi connectivity index (χ3v) is 13.8. The summed E-state index contributed by atoms with van der Waals surface area (Å²) in [5, 5.41) is 226. The van der Waals surface area contributed by atoms with Crippen molar-refractivity contribution in [3.8, 4) is 0 Å². The molecule has 28 heteroatoms. The molecule has 0 aromatic carbocycles. The van der Waals surface area contributed by atoms with Gasteiger partial charge in [-0.25, -0.2) is 0 Å². The summed E-state index contributed by atoms with van der Waals surface area (Å²) in [7, 11) is 0. The maximum absolute atomic E-state index is 10.7. The van der Waals surface area contributed by atoms with Gasteiger partial charge in [0.05, 0.1) is 62.9 Å². The van der Waals surface area contributed by atoms with Crippen LogP contribution in [-0.4, -0.2) is 311 Å². The maximum Gasteiger partial charge on any atom is 0.187 e. The molecule has 24 N–H and O–H groups in total. The van der Waals surface area contributed by atoms with Gasteiger partial charge >= 0.3 is 0 Å². The third-order valence-electron chi connectivity index (χ3n) is 13.8. The van der Waals surface area contributed by atoms with E-state index in [9.17, 15) is 112 Å². The molecule has 0 spiro atoms. The molecule has 2 aliphatic heterocycles. The lowest BCUT2D eigenvalue weighted by Gasteiger charge is -2.47. The minimum absolute atomic E-state index is 0.0129. The van der Waals surface area contributed by atoms with Gasteiger partial charge < -0.3 is 142 Å². The van der Waals surface area contributed by atoms with Crippen molar-refractivity contribution in [2.45, 2.75) is 172 Å². The van der Waals surface area contributed by atoms with Gasteiger partial charge in [0.2, 0.25) is 0 Å². The predicted molar refractivity (Wildman–Crippen MR) is 219 cm³/mol. The fraction of sp³-hybridized carbons (Fsp3) is 0.900. The lowest BCUT2D eigenvalue weighted by molar-refractivity contribution is -0.328. The Bertz CT molecular complexity index is 1500.